The summed E-state index contributed by atoms with van der Waals surface area (Å²) in [5.41, 5.74) is -1.16. The fourth-order valence-electron chi connectivity index (χ4n) is 1.95. The van der Waals surface area contributed by atoms with Gasteiger partial charge in [0.2, 0.25) is 5.88 Å². The van der Waals surface area contributed by atoms with Gasteiger partial charge in [-0.1, -0.05) is 0 Å². The third-order valence-electron chi connectivity index (χ3n) is 3.30. The Morgan fingerprint density at radius 2 is 2.13 bits per heavy atom. The fourth-order valence-corrected chi connectivity index (χ4v) is 1.95. The average molecular weight is 321 g/mol. The summed E-state index contributed by atoms with van der Waals surface area (Å²) < 4.78 is 1.67. The zero-order valence-corrected chi connectivity index (χ0v) is 12.4. The Labute approximate surface area is 129 Å². The van der Waals surface area contributed by atoms with Gasteiger partial charge in [0, 0.05) is 38.6 Å². The van der Waals surface area contributed by atoms with Crippen molar-refractivity contribution >= 4 is 12.2 Å². The molecule has 2 aromatic rings. The molecule has 2 aromatic heterocycles. The number of hydrogen-bond donors (Lipinski definition) is 3. The highest BCUT2D eigenvalue weighted by Crippen LogP contribution is 2.08. The van der Waals surface area contributed by atoms with Gasteiger partial charge in [0.1, 0.15) is 5.56 Å². The highest BCUT2D eigenvalue weighted by atomic mass is 16.4. The summed E-state index contributed by atoms with van der Waals surface area (Å²) in [5, 5.41) is 19.1. The van der Waals surface area contributed by atoms with Crippen molar-refractivity contribution in [3.05, 3.63) is 44.6 Å². The molecule has 0 aliphatic heterocycles. The molecule has 2 heterocycles. The summed E-state index contributed by atoms with van der Waals surface area (Å²) in [6, 6.07) is -1.17. The smallest absolute Gasteiger partial charge is 0.333 e. The highest BCUT2D eigenvalue weighted by Gasteiger charge is 2.18. The monoisotopic (exact) mass is 321 g/mol. The molecular formula is C13H15N5O5. The molecule has 0 fully saturated rings. The van der Waals surface area contributed by atoms with Crippen molar-refractivity contribution in [3.63, 3.8) is 0 Å². The molecule has 0 aliphatic carbocycles. The minimum absolute atomic E-state index is 0.0404. The average Bonchev–Trinajstić information content (AvgIpc) is 3.02. The lowest BCUT2D eigenvalue weighted by molar-refractivity contribution is -0.138. The number of carboxylic acids is 1. The molecule has 0 unspecified atom stereocenters. The number of nitrogens with zero attached hydrogens (tertiary/aromatic N) is 4. The first-order chi connectivity index (χ1) is 10.8. The molecule has 1 atom stereocenters. The fraction of sp³-hybridized carbons (Fsp3) is 0.308. The minimum atomic E-state index is -1.20. The number of carbonyl (C=O) groups is 1. The predicted molar refractivity (Wildman–Crippen MR) is 79.9 cm³/mol. The SMILES string of the molecule is Cn1c(O)c(C=N[C@H](Cc2cnc[nH]2)C(=O)O)c(=O)n(C)c1=O. The van der Waals surface area contributed by atoms with E-state index in [0.717, 1.165) is 15.3 Å². The molecule has 10 heteroatoms. The van der Waals surface area contributed by atoms with E-state index in [1.165, 1.54) is 26.6 Å². The van der Waals surface area contributed by atoms with Crippen LogP contribution in [-0.4, -0.2) is 47.5 Å². The number of aromatic hydroxyl groups is 1. The Balaban J connectivity index is 2.40. The van der Waals surface area contributed by atoms with Crippen molar-refractivity contribution < 1.29 is 15.0 Å². The third kappa shape index (κ3) is 3.20. The van der Waals surface area contributed by atoms with Crippen molar-refractivity contribution in [2.75, 3.05) is 0 Å². The summed E-state index contributed by atoms with van der Waals surface area (Å²) in [4.78, 5) is 45.3. The van der Waals surface area contributed by atoms with Crippen molar-refractivity contribution in [2.45, 2.75) is 12.5 Å². The first-order valence-corrected chi connectivity index (χ1v) is 6.55. The Morgan fingerprint density at radius 1 is 1.43 bits per heavy atom. The van der Waals surface area contributed by atoms with Gasteiger partial charge in [-0.05, 0) is 0 Å². The van der Waals surface area contributed by atoms with Crippen LogP contribution in [0.3, 0.4) is 0 Å². The van der Waals surface area contributed by atoms with E-state index in [1.54, 1.807) is 0 Å². The van der Waals surface area contributed by atoms with Crippen LogP contribution in [-0.2, 0) is 25.3 Å². The summed E-state index contributed by atoms with van der Waals surface area (Å²) >= 11 is 0. The van der Waals surface area contributed by atoms with Gasteiger partial charge < -0.3 is 15.2 Å². The molecule has 0 amide bonds. The highest BCUT2D eigenvalue weighted by molar-refractivity contribution is 5.85. The van der Waals surface area contributed by atoms with Gasteiger partial charge in [0.15, 0.2) is 6.04 Å². The molecule has 0 bridgehead atoms. The zero-order chi connectivity index (χ0) is 17.1. The van der Waals surface area contributed by atoms with Gasteiger partial charge in [0.25, 0.3) is 5.56 Å². The topological polar surface area (TPSA) is 143 Å². The number of carboxylic acid groups (broad SMARTS) is 1. The van der Waals surface area contributed by atoms with Gasteiger partial charge in [-0.2, -0.15) is 0 Å². The van der Waals surface area contributed by atoms with Crippen molar-refractivity contribution in [2.24, 2.45) is 19.1 Å². The standard InChI is InChI=1S/C13H15N5O5/c1-17-10(19)8(11(20)18(2)13(17)23)5-15-9(12(21)22)3-7-4-14-6-16-7/h4-6,9,19H,3H2,1-2H3,(H,14,16)(H,21,22)/t9-/m1/s1. The molecule has 23 heavy (non-hydrogen) atoms. The van der Waals surface area contributed by atoms with Crippen molar-refractivity contribution in [1.82, 2.24) is 19.1 Å². The van der Waals surface area contributed by atoms with E-state index in [0.29, 0.717) is 5.69 Å². The number of aliphatic imine (C=N–C) groups is 1. The molecule has 0 aromatic carbocycles. The molecule has 2 rings (SSSR count). The van der Waals surface area contributed by atoms with Crippen molar-refractivity contribution in [3.8, 4) is 5.88 Å². The normalized spacial score (nSPS) is 12.6. The molecule has 0 saturated carbocycles. The number of imidazole rings is 1. The molecule has 122 valence electrons. The quantitative estimate of drug-likeness (QED) is 0.580. The number of hydrogen-bond acceptors (Lipinski definition) is 6. The van der Waals surface area contributed by atoms with Crippen LogP contribution in [0.2, 0.25) is 0 Å². The number of H-pyrrole nitrogens is 1. The molecule has 0 spiro atoms. The van der Waals surface area contributed by atoms with E-state index >= 15 is 0 Å². The number of aromatic nitrogens is 4. The van der Waals surface area contributed by atoms with E-state index in [1.807, 2.05) is 0 Å². The number of rotatable bonds is 5. The maximum atomic E-state index is 12.0. The Morgan fingerprint density at radius 3 is 2.70 bits per heavy atom. The Bertz CT molecular complexity index is 862. The number of aromatic amines is 1. The van der Waals surface area contributed by atoms with Crippen LogP contribution in [0.15, 0.2) is 27.1 Å². The zero-order valence-electron chi connectivity index (χ0n) is 12.4. The minimum Gasteiger partial charge on any atom is -0.494 e. The van der Waals surface area contributed by atoms with E-state index in [4.69, 9.17) is 0 Å². The van der Waals surface area contributed by atoms with Gasteiger partial charge in [-0.3, -0.25) is 18.9 Å². The lowest BCUT2D eigenvalue weighted by Gasteiger charge is -2.08. The van der Waals surface area contributed by atoms with Crippen LogP contribution in [0.25, 0.3) is 0 Å². The largest absolute Gasteiger partial charge is 0.494 e. The molecular weight excluding hydrogens is 306 g/mol. The van der Waals surface area contributed by atoms with Gasteiger partial charge in [-0.15, -0.1) is 0 Å². The molecule has 3 N–H and O–H groups in total. The van der Waals surface area contributed by atoms with Gasteiger partial charge in [-0.25, -0.2) is 14.6 Å². The maximum absolute atomic E-state index is 12.0. The lowest BCUT2D eigenvalue weighted by atomic mass is 10.2. The second-order valence-corrected chi connectivity index (χ2v) is 4.86. The van der Waals surface area contributed by atoms with E-state index in [-0.39, 0.29) is 12.0 Å². The van der Waals surface area contributed by atoms with Crippen LogP contribution >= 0.6 is 0 Å². The van der Waals surface area contributed by atoms with Crippen LogP contribution in [0.4, 0.5) is 0 Å². The maximum Gasteiger partial charge on any atom is 0.333 e. The van der Waals surface area contributed by atoms with Crippen LogP contribution < -0.4 is 11.2 Å². The summed E-state index contributed by atoms with van der Waals surface area (Å²) in [6.07, 6.45) is 3.88. The first-order valence-electron chi connectivity index (χ1n) is 6.55. The summed E-state index contributed by atoms with van der Waals surface area (Å²) in [5.74, 6) is -1.77. The first kappa shape index (κ1) is 16.2. The van der Waals surface area contributed by atoms with Crippen molar-refractivity contribution in [1.29, 1.82) is 0 Å². The van der Waals surface area contributed by atoms with E-state index < -0.39 is 29.1 Å². The van der Waals surface area contributed by atoms with Gasteiger partial charge in [0.05, 0.1) is 6.33 Å². The van der Waals surface area contributed by atoms with Crippen LogP contribution in [0.5, 0.6) is 5.88 Å². The summed E-state index contributed by atoms with van der Waals surface area (Å²) in [6.45, 7) is 0. The predicted octanol–water partition coefficient (Wildman–Crippen LogP) is -1.37. The Hall–Kier alpha value is -3.17. The van der Waals surface area contributed by atoms with E-state index in [2.05, 4.69) is 15.0 Å². The number of nitrogens with one attached hydrogen (secondary N) is 1. The third-order valence-corrected chi connectivity index (χ3v) is 3.30. The number of aliphatic carboxylic acids is 1. The second-order valence-electron chi connectivity index (χ2n) is 4.86. The Kier molecular flexibility index (Phi) is 4.44. The van der Waals surface area contributed by atoms with E-state index in [9.17, 15) is 24.6 Å². The van der Waals surface area contributed by atoms with Crippen LogP contribution in [0, 0.1) is 0 Å². The second kappa shape index (κ2) is 6.30. The molecule has 0 aliphatic rings. The van der Waals surface area contributed by atoms with Crippen LogP contribution in [0.1, 0.15) is 11.3 Å². The molecule has 0 saturated heterocycles. The summed E-state index contributed by atoms with van der Waals surface area (Å²) in [7, 11) is 2.54. The molecule has 10 nitrogen and oxygen atoms in total. The molecule has 0 radical (unpaired) electrons. The van der Waals surface area contributed by atoms with Gasteiger partial charge >= 0.3 is 11.7 Å². The lowest BCUT2D eigenvalue weighted by Crippen LogP contribution is -2.38.